The summed E-state index contributed by atoms with van der Waals surface area (Å²) in [5, 5.41) is 7.80. The van der Waals surface area contributed by atoms with Gasteiger partial charge >= 0.3 is 0 Å². The van der Waals surface area contributed by atoms with Crippen LogP contribution in [0.3, 0.4) is 0 Å². The Labute approximate surface area is 175 Å². The summed E-state index contributed by atoms with van der Waals surface area (Å²) in [7, 11) is 0. The predicted octanol–water partition coefficient (Wildman–Crippen LogP) is 5.40. The third-order valence-electron chi connectivity index (χ3n) is 5.29. The van der Waals surface area contributed by atoms with Crippen molar-refractivity contribution in [2.45, 2.75) is 39.3 Å². The van der Waals surface area contributed by atoms with Crippen molar-refractivity contribution in [3.05, 3.63) is 81.7 Å². The smallest absolute Gasteiger partial charge is 0.251 e. The molecule has 0 unspecified atom stereocenters. The van der Waals surface area contributed by atoms with Crippen molar-refractivity contribution in [2.24, 2.45) is 5.92 Å². The fourth-order valence-corrected chi connectivity index (χ4v) is 3.49. The highest BCUT2D eigenvalue weighted by Gasteiger charge is 2.33. The van der Waals surface area contributed by atoms with Crippen LogP contribution in [0.15, 0.2) is 53.1 Å². The first-order valence-electron chi connectivity index (χ1n) is 9.72. The van der Waals surface area contributed by atoms with E-state index in [0.29, 0.717) is 28.9 Å². The Hall–Kier alpha value is -2.79. The number of nitrogens with zero attached hydrogens (tertiary/aromatic N) is 1. The van der Waals surface area contributed by atoms with Crippen LogP contribution < -0.4 is 10.1 Å². The molecule has 5 nitrogen and oxygen atoms in total. The van der Waals surface area contributed by atoms with Crippen LogP contribution in [0.4, 0.5) is 0 Å². The van der Waals surface area contributed by atoms with Crippen molar-refractivity contribution < 1.29 is 14.1 Å². The number of hydrogen-bond donors (Lipinski definition) is 1. The van der Waals surface area contributed by atoms with Crippen molar-refractivity contribution in [1.82, 2.24) is 10.5 Å². The monoisotopic (exact) mass is 410 g/mol. The first kappa shape index (κ1) is 19.5. The summed E-state index contributed by atoms with van der Waals surface area (Å²) in [6, 6.07) is 14.9. The number of aryl methyl sites for hydroxylation is 2. The van der Waals surface area contributed by atoms with Gasteiger partial charge in [-0.25, -0.2) is 0 Å². The Kier molecular flexibility index (Phi) is 5.58. The Morgan fingerprint density at radius 1 is 1.17 bits per heavy atom. The van der Waals surface area contributed by atoms with Crippen molar-refractivity contribution in [3.63, 3.8) is 0 Å². The number of ether oxygens (including phenoxy) is 1. The second-order valence-corrected chi connectivity index (χ2v) is 7.89. The average molecular weight is 411 g/mol. The van der Waals surface area contributed by atoms with Gasteiger partial charge < -0.3 is 14.6 Å². The van der Waals surface area contributed by atoms with E-state index < -0.39 is 0 Å². The molecule has 1 atom stereocenters. The molecule has 0 aliphatic heterocycles. The summed E-state index contributed by atoms with van der Waals surface area (Å²) in [4.78, 5) is 12.8. The normalized spacial score (nSPS) is 14.4. The fraction of sp³-hybridized carbons (Fsp3) is 0.304. The zero-order valence-corrected chi connectivity index (χ0v) is 17.2. The molecule has 3 aromatic rings. The lowest BCUT2D eigenvalue weighted by atomic mass is 10.0. The number of rotatable bonds is 7. The molecule has 1 N–H and O–H groups in total. The maximum Gasteiger partial charge on any atom is 0.251 e. The van der Waals surface area contributed by atoms with E-state index in [2.05, 4.69) is 10.5 Å². The third-order valence-corrected chi connectivity index (χ3v) is 5.54. The van der Waals surface area contributed by atoms with Gasteiger partial charge in [-0.2, -0.15) is 0 Å². The number of nitrogens with one attached hydrogen (secondary N) is 1. The molecule has 1 aliphatic carbocycles. The summed E-state index contributed by atoms with van der Waals surface area (Å²) < 4.78 is 11.0. The van der Waals surface area contributed by atoms with Crippen molar-refractivity contribution in [2.75, 3.05) is 0 Å². The van der Waals surface area contributed by atoms with Crippen LogP contribution in [0.25, 0.3) is 0 Å². The van der Waals surface area contributed by atoms with Gasteiger partial charge in [0.1, 0.15) is 18.1 Å². The van der Waals surface area contributed by atoms with E-state index in [1.54, 1.807) is 12.1 Å². The molecule has 29 heavy (non-hydrogen) atoms. The Morgan fingerprint density at radius 2 is 1.86 bits per heavy atom. The van der Waals surface area contributed by atoms with Gasteiger partial charge in [0.05, 0.1) is 17.3 Å². The maximum atomic E-state index is 12.8. The van der Waals surface area contributed by atoms with Gasteiger partial charge in [0.15, 0.2) is 0 Å². The zero-order chi connectivity index (χ0) is 20.4. The number of halogens is 1. The lowest BCUT2D eigenvalue weighted by molar-refractivity contribution is 0.0931. The second-order valence-electron chi connectivity index (χ2n) is 7.46. The predicted molar refractivity (Wildman–Crippen MR) is 111 cm³/mol. The van der Waals surface area contributed by atoms with Gasteiger partial charge in [0.2, 0.25) is 0 Å². The van der Waals surface area contributed by atoms with Crippen LogP contribution in [0.2, 0.25) is 5.02 Å². The van der Waals surface area contributed by atoms with Crippen LogP contribution in [-0.2, 0) is 6.61 Å². The molecule has 1 fully saturated rings. The largest absolute Gasteiger partial charge is 0.489 e. The standard InChI is InChI=1S/C23H23ClN2O3/c1-14-21(15(2)29-26-14)13-28-20-11-7-18(8-12-20)23(27)25-22(16-3-4-16)17-5-9-19(24)10-6-17/h5-12,16,22H,3-4,13H2,1-2H3,(H,25,27)/t22-/m0/s1. The zero-order valence-electron chi connectivity index (χ0n) is 16.4. The molecule has 1 aliphatic rings. The molecule has 1 heterocycles. The molecule has 1 aromatic heterocycles. The number of carbonyl (C=O) groups excluding carboxylic acids is 1. The second kappa shape index (κ2) is 8.29. The van der Waals surface area contributed by atoms with Crippen LogP contribution in [0.5, 0.6) is 5.75 Å². The van der Waals surface area contributed by atoms with Gasteiger partial charge in [-0.3, -0.25) is 4.79 Å². The summed E-state index contributed by atoms with van der Waals surface area (Å²) in [6.07, 6.45) is 2.25. The van der Waals surface area contributed by atoms with Crippen LogP contribution in [0, 0.1) is 19.8 Å². The van der Waals surface area contributed by atoms with Crippen LogP contribution in [-0.4, -0.2) is 11.1 Å². The number of hydrogen-bond acceptors (Lipinski definition) is 4. The fourth-order valence-electron chi connectivity index (χ4n) is 3.36. The summed E-state index contributed by atoms with van der Waals surface area (Å²) in [5.74, 6) is 1.84. The summed E-state index contributed by atoms with van der Waals surface area (Å²) >= 11 is 6.00. The van der Waals surface area contributed by atoms with E-state index in [1.165, 1.54) is 0 Å². The van der Waals surface area contributed by atoms with Gasteiger partial charge in [-0.15, -0.1) is 0 Å². The SMILES string of the molecule is Cc1noc(C)c1COc1ccc(C(=O)N[C@H](c2ccc(Cl)cc2)C2CC2)cc1. The van der Waals surface area contributed by atoms with E-state index in [0.717, 1.165) is 35.4 Å². The molecular formula is C23H23ClN2O3. The molecule has 4 rings (SSSR count). The van der Waals surface area contributed by atoms with Crippen LogP contribution in [0.1, 0.15) is 51.8 Å². The summed E-state index contributed by atoms with van der Waals surface area (Å²) in [5.41, 5.74) is 3.47. The molecule has 2 aromatic carbocycles. The molecule has 0 bridgehead atoms. The maximum absolute atomic E-state index is 12.8. The minimum atomic E-state index is -0.0888. The van der Waals surface area contributed by atoms with Crippen molar-refractivity contribution >= 4 is 17.5 Å². The van der Waals surface area contributed by atoms with E-state index in [9.17, 15) is 4.79 Å². The number of amides is 1. The minimum absolute atomic E-state index is 0.00948. The first-order valence-corrected chi connectivity index (χ1v) is 10.1. The highest BCUT2D eigenvalue weighted by atomic mass is 35.5. The van der Waals surface area contributed by atoms with E-state index in [4.69, 9.17) is 20.9 Å². The van der Waals surface area contributed by atoms with Gasteiger partial charge in [0.25, 0.3) is 5.91 Å². The average Bonchev–Trinajstić information content (AvgIpc) is 3.52. The molecular weight excluding hydrogens is 388 g/mol. The molecule has 0 spiro atoms. The third kappa shape index (κ3) is 4.62. The molecule has 1 saturated carbocycles. The number of carbonyl (C=O) groups is 1. The quantitative estimate of drug-likeness (QED) is 0.566. The lowest BCUT2D eigenvalue weighted by Crippen LogP contribution is -2.29. The Balaban J connectivity index is 1.40. The molecule has 6 heteroatoms. The lowest BCUT2D eigenvalue weighted by Gasteiger charge is -2.19. The van der Waals surface area contributed by atoms with E-state index in [1.807, 2.05) is 50.2 Å². The number of aromatic nitrogens is 1. The van der Waals surface area contributed by atoms with Crippen molar-refractivity contribution in [1.29, 1.82) is 0 Å². The van der Waals surface area contributed by atoms with E-state index in [-0.39, 0.29) is 11.9 Å². The van der Waals surface area contributed by atoms with E-state index >= 15 is 0 Å². The van der Waals surface area contributed by atoms with Crippen molar-refractivity contribution in [3.8, 4) is 5.75 Å². The topological polar surface area (TPSA) is 64.4 Å². The Bertz CT molecular complexity index is 972. The van der Waals surface area contributed by atoms with Gasteiger partial charge in [-0.05, 0) is 74.6 Å². The molecule has 1 amide bonds. The minimum Gasteiger partial charge on any atom is -0.489 e. The highest BCUT2D eigenvalue weighted by molar-refractivity contribution is 6.30. The van der Waals surface area contributed by atoms with Gasteiger partial charge in [-0.1, -0.05) is 28.9 Å². The van der Waals surface area contributed by atoms with Crippen LogP contribution >= 0.6 is 11.6 Å². The Morgan fingerprint density at radius 3 is 2.45 bits per heavy atom. The highest BCUT2D eigenvalue weighted by Crippen LogP contribution is 2.41. The van der Waals surface area contributed by atoms with Gasteiger partial charge in [0, 0.05) is 10.6 Å². The molecule has 0 radical (unpaired) electrons. The molecule has 0 saturated heterocycles. The summed E-state index contributed by atoms with van der Waals surface area (Å²) in [6.45, 7) is 4.13. The molecule has 150 valence electrons. The first-order chi connectivity index (χ1) is 14.0. The number of benzene rings is 2.